The molecule has 5 heteroatoms. The lowest BCUT2D eigenvalue weighted by molar-refractivity contribution is 0.231. The van der Waals surface area contributed by atoms with Crippen LogP contribution in [0, 0.1) is 0 Å². The molecule has 2 N–H and O–H groups in total. The van der Waals surface area contributed by atoms with E-state index in [1.54, 1.807) is 0 Å². The zero-order valence-corrected chi connectivity index (χ0v) is 15.2. The van der Waals surface area contributed by atoms with Crippen LogP contribution in [-0.2, 0) is 0 Å². The Hall–Kier alpha value is -0.420. The van der Waals surface area contributed by atoms with Gasteiger partial charge >= 0.3 is 0 Å². The Kier molecular flexibility index (Phi) is 10.1. The molecule has 0 saturated carbocycles. The molecular formula is C15H34N4S. The van der Waals surface area contributed by atoms with Crippen molar-refractivity contribution in [2.24, 2.45) is 4.99 Å². The summed E-state index contributed by atoms with van der Waals surface area (Å²) in [6.07, 6.45) is 2.14. The number of hydrogen-bond acceptors (Lipinski definition) is 3. The lowest BCUT2D eigenvalue weighted by atomic mass is 10.2. The van der Waals surface area contributed by atoms with Gasteiger partial charge < -0.3 is 10.6 Å². The second kappa shape index (κ2) is 10.3. The molecule has 0 aliphatic rings. The zero-order chi connectivity index (χ0) is 15.6. The number of aliphatic imine (C=N–C) groups is 1. The minimum Gasteiger partial charge on any atom is -0.357 e. The Labute approximate surface area is 130 Å². The highest BCUT2D eigenvalue weighted by Gasteiger charge is 2.16. The predicted octanol–water partition coefficient (Wildman–Crippen LogP) is 2.41. The summed E-state index contributed by atoms with van der Waals surface area (Å²) in [4.78, 5) is 7.14. The fourth-order valence-corrected chi connectivity index (χ4v) is 2.09. The molecule has 20 heavy (non-hydrogen) atoms. The Balaban J connectivity index is 4.43. The first-order chi connectivity index (χ1) is 9.40. The normalized spacial score (nSPS) is 14.5. The van der Waals surface area contributed by atoms with Crippen molar-refractivity contribution in [3.63, 3.8) is 0 Å². The minimum atomic E-state index is 0.187. The highest BCUT2D eigenvalue weighted by atomic mass is 32.2. The molecule has 0 aliphatic carbocycles. The van der Waals surface area contributed by atoms with Gasteiger partial charge in [0.2, 0.25) is 0 Å². The first-order valence-electron chi connectivity index (χ1n) is 7.71. The summed E-state index contributed by atoms with van der Waals surface area (Å²) in [6.45, 7) is 18.0. The van der Waals surface area contributed by atoms with E-state index in [1.807, 2.05) is 11.8 Å². The van der Waals surface area contributed by atoms with Gasteiger partial charge in [0.05, 0.1) is 6.54 Å². The first-order valence-corrected chi connectivity index (χ1v) is 8.94. The average Bonchev–Trinajstić information content (AvgIpc) is 2.43. The van der Waals surface area contributed by atoms with Crippen molar-refractivity contribution >= 4 is 17.7 Å². The van der Waals surface area contributed by atoms with E-state index in [0.717, 1.165) is 38.7 Å². The number of guanidine groups is 1. The molecule has 0 amide bonds. The lowest BCUT2D eigenvalue weighted by Crippen LogP contribution is -2.46. The van der Waals surface area contributed by atoms with Gasteiger partial charge in [-0.2, -0.15) is 11.8 Å². The Morgan fingerprint density at radius 1 is 1.20 bits per heavy atom. The van der Waals surface area contributed by atoms with E-state index >= 15 is 0 Å². The third-order valence-corrected chi connectivity index (χ3v) is 4.75. The van der Waals surface area contributed by atoms with Crippen LogP contribution in [0.1, 0.15) is 41.5 Å². The van der Waals surface area contributed by atoms with Crippen LogP contribution in [0.15, 0.2) is 4.99 Å². The topological polar surface area (TPSA) is 39.7 Å². The summed E-state index contributed by atoms with van der Waals surface area (Å²) < 4.78 is 0.187. The van der Waals surface area contributed by atoms with Gasteiger partial charge in [0.25, 0.3) is 0 Å². The van der Waals surface area contributed by atoms with Crippen molar-refractivity contribution in [2.45, 2.75) is 52.3 Å². The van der Waals surface area contributed by atoms with Gasteiger partial charge in [-0.3, -0.25) is 9.89 Å². The molecule has 0 aromatic rings. The van der Waals surface area contributed by atoms with Crippen LogP contribution in [0.5, 0.6) is 0 Å². The van der Waals surface area contributed by atoms with Crippen LogP contribution in [0.3, 0.4) is 0 Å². The van der Waals surface area contributed by atoms with Crippen molar-refractivity contribution in [3.8, 4) is 0 Å². The quantitative estimate of drug-likeness (QED) is 0.507. The van der Waals surface area contributed by atoms with Crippen LogP contribution < -0.4 is 10.6 Å². The van der Waals surface area contributed by atoms with Crippen molar-refractivity contribution in [3.05, 3.63) is 0 Å². The highest BCUT2D eigenvalue weighted by molar-refractivity contribution is 7.99. The van der Waals surface area contributed by atoms with Crippen LogP contribution in [-0.4, -0.2) is 60.6 Å². The standard InChI is InChI=1S/C15H34N4S/c1-8-16-14(18-12-15(5,6)20-7)17-11-13(4)19(9-2)10-3/h13H,8-12H2,1-7H3,(H2,16,17,18). The average molecular weight is 303 g/mol. The summed E-state index contributed by atoms with van der Waals surface area (Å²) in [5.41, 5.74) is 0. The predicted molar refractivity (Wildman–Crippen MR) is 94.0 cm³/mol. The van der Waals surface area contributed by atoms with Crippen LogP contribution in [0.25, 0.3) is 0 Å². The molecule has 0 spiro atoms. The number of rotatable bonds is 9. The Morgan fingerprint density at radius 2 is 1.80 bits per heavy atom. The number of thioether (sulfide) groups is 1. The van der Waals surface area contributed by atoms with Gasteiger partial charge in [0.1, 0.15) is 0 Å². The molecule has 0 heterocycles. The molecule has 0 aliphatic heterocycles. The molecule has 1 atom stereocenters. The van der Waals surface area contributed by atoms with Crippen LogP contribution in [0.2, 0.25) is 0 Å². The van der Waals surface area contributed by atoms with E-state index in [-0.39, 0.29) is 4.75 Å². The van der Waals surface area contributed by atoms with Gasteiger partial charge in [0, 0.05) is 23.9 Å². The number of hydrogen-bond donors (Lipinski definition) is 2. The third-order valence-electron chi connectivity index (χ3n) is 3.52. The van der Waals surface area contributed by atoms with Crippen LogP contribution >= 0.6 is 11.8 Å². The summed E-state index contributed by atoms with van der Waals surface area (Å²) in [7, 11) is 0. The maximum absolute atomic E-state index is 4.69. The second-order valence-electron chi connectivity index (χ2n) is 5.61. The molecule has 0 aromatic carbocycles. The van der Waals surface area contributed by atoms with Crippen molar-refractivity contribution in [2.75, 3.05) is 39.0 Å². The van der Waals surface area contributed by atoms with E-state index in [0.29, 0.717) is 6.04 Å². The molecular weight excluding hydrogens is 268 g/mol. The first kappa shape index (κ1) is 19.6. The van der Waals surface area contributed by atoms with Crippen LogP contribution in [0.4, 0.5) is 0 Å². The molecule has 0 aromatic heterocycles. The molecule has 1 unspecified atom stereocenters. The van der Waals surface area contributed by atoms with Gasteiger partial charge in [-0.25, -0.2) is 0 Å². The van der Waals surface area contributed by atoms with E-state index in [4.69, 9.17) is 4.99 Å². The summed E-state index contributed by atoms with van der Waals surface area (Å²) >= 11 is 1.85. The van der Waals surface area contributed by atoms with E-state index < -0.39 is 0 Å². The SMILES string of the molecule is CCNC(=NCC(C)(C)SC)NCC(C)N(CC)CC. The maximum atomic E-state index is 4.69. The molecule has 0 bridgehead atoms. The smallest absolute Gasteiger partial charge is 0.191 e. The minimum absolute atomic E-state index is 0.187. The van der Waals surface area contributed by atoms with E-state index in [2.05, 4.69) is 63.3 Å². The highest BCUT2D eigenvalue weighted by Crippen LogP contribution is 2.20. The fraction of sp³-hybridized carbons (Fsp3) is 0.933. The molecule has 0 radical (unpaired) electrons. The molecule has 0 fully saturated rings. The summed E-state index contributed by atoms with van der Waals surface area (Å²) in [5.74, 6) is 0.925. The van der Waals surface area contributed by atoms with Gasteiger partial charge in [-0.05, 0) is 47.0 Å². The third kappa shape index (κ3) is 8.00. The Morgan fingerprint density at radius 3 is 2.25 bits per heavy atom. The van der Waals surface area contributed by atoms with E-state index in [1.165, 1.54) is 0 Å². The maximum Gasteiger partial charge on any atom is 0.191 e. The molecule has 0 saturated heterocycles. The number of likely N-dealkylation sites (N-methyl/N-ethyl adjacent to an activating group) is 1. The second-order valence-corrected chi connectivity index (χ2v) is 7.12. The van der Waals surface area contributed by atoms with Crippen molar-refractivity contribution in [1.29, 1.82) is 0 Å². The van der Waals surface area contributed by atoms with Gasteiger partial charge in [-0.15, -0.1) is 0 Å². The van der Waals surface area contributed by atoms with Gasteiger partial charge in [-0.1, -0.05) is 13.8 Å². The zero-order valence-electron chi connectivity index (χ0n) is 14.4. The molecule has 120 valence electrons. The largest absolute Gasteiger partial charge is 0.357 e. The monoisotopic (exact) mass is 302 g/mol. The number of nitrogens with zero attached hydrogens (tertiary/aromatic N) is 2. The molecule has 0 rings (SSSR count). The molecule has 4 nitrogen and oxygen atoms in total. The van der Waals surface area contributed by atoms with Crippen molar-refractivity contribution in [1.82, 2.24) is 15.5 Å². The van der Waals surface area contributed by atoms with Gasteiger partial charge in [0.15, 0.2) is 5.96 Å². The lowest BCUT2D eigenvalue weighted by Gasteiger charge is -2.27. The summed E-state index contributed by atoms with van der Waals surface area (Å²) in [6, 6.07) is 0.516. The summed E-state index contributed by atoms with van der Waals surface area (Å²) in [5, 5.41) is 6.77. The Bertz CT molecular complexity index is 275. The van der Waals surface area contributed by atoms with E-state index in [9.17, 15) is 0 Å². The number of nitrogens with one attached hydrogen (secondary N) is 2. The van der Waals surface area contributed by atoms with Crippen molar-refractivity contribution < 1.29 is 0 Å². The fourth-order valence-electron chi connectivity index (χ4n) is 1.90.